The van der Waals surface area contributed by atoms with Gasteiger partial charge in [0.05, 0.1) is 11.4 Å². The smallest absolute Gasteiger partial charge is 0.263 e. The molecule has 0 N–H and O–H groups in total. The lowest BCUT2D eigenvalue weighted by molar-refractivity contribution is 0.100. The number of benzene rings is 1. The molecule has 18 heavy (non-hydrogen) atoms. The highest BCUT2D eigenvalue weighted by Crippen LogP contribution is 2.20. The summed E-state index contributed by atoms with van der Waals surface area (Å²) in [6.07, 6.45) is -2.51. The van der Waals surface area contributed by atoms with Crippen LogP contribution in [0.25, 0.3) is 5.69 Å². The van der Waals surface area contributed by atoms with E-state index in [0.29, 0.717) is 17.1 Å². The average molecular weight is 251 g/mol. The molecule has 0 radical (unpaired) electrons. The van der Waals surface area contributed by atoms with Crippen molar-refractivity contribution in [3.05, 3.63) is 41.2 Å². The van der Waals surface area contributed by atoms with Crippen molar-refractivity contribution in [3.63, 3.8) is 0 Å². The molecule has 0 amide bonds. The average Bonchev–Trinajstić information content (AvgIpc) is 2.71. The molecule has 1 aromatic heterocycles. The third kappa shape index (κ3) is 2.13. The Morgan fingerprint density at radius 1 is 1.28 bits per heavy atom. The Bertz CT molecular complexity index is 576. The van der Waals surface area contributed by atoms with Gasteiger partial charge in [0.25, 0.3) is 6.43 Å². The Labute approximate surface area is 102 Å². The molecule has 4 nitrogen and oxygen atoms in total. The second-order valence-corrected chi connectivity index (χ2v) is 3.88. The second kappa shape index (κ2) is 4.64. The van der Waals surface area contributed by atoms with Crippen LogP contribution in [0, 0.1) is 6.92 Å². The van der Waals surface area contributed by atoms with Gasteiger partial charge in [-0.05, 0) is 19.1 Å². The number of rotatable bonds is 3. The van der Waals surface area contributed by atoms with Crippen LogP contribution in [0.3, 0.4) is 0 Å². The number of ketones is 1. The van der Waals surface area contributed by atoms with Crippen LogP contribution in [0.15, 0.2) is 24.3 Å². The number of hydrogen-bond donors (Lipinski definition) is 0. The van der Waals surface area contributed by atoms with Crippen molar-refractivity contribution in [2.45, 2.75) is 20.3 Å². The molecule has 0 spiro atoms. The monoisotopic (exact) mass is 251 g/mol. The first-order valence-electron chi connectivity index (χ1n) is 5.32. The Morgan fingerprint density at radius 3 is 2.39 bits per heavy atom. The summed E-state index contributed by atoms with van der Waals surface area (Å²) in [6.45, 7) is 3.09. The Balaban J connectivity index is 2.46. The topological polar surface area (TPSA) is 47.8 Å². The summed E-state index contributed by atoms with van der Waals surface area (Å²) >= 11 is 0. The number of nitrogens with zero attached hydrogens (tertiary/aromatic N) is 3. The molecule has 1 heterocycles. The fraction of sp³-hybridized carbons (Fsp3) is 0.250. The second-order valence-electron chi connectivity index (χ2n) is 3.88. The zero-order valence-electron chi connectivity index (χ0n) is 9.89. The molecule has 0 aliphatic carbocycles. The predicted octanol–water partition coefficient (Wildman–Crippen LogP) is 2.72. The van der Waals surface area contributed by atoms with Crippen LogP contribution < -0.4 is 0 Å². The van der Waals surface area contributed by atoms with Crippen LogP contribution in [-0.2, 0) is 0 Å². The summed E-state index contributed by atoms with van der Waals surface area (Å²) in [5, 5.41) is 7.66. The van der Waals surface area contributed by atoms with Gasteiger partial charge in [-0.2, -0.15) is 0 Å². The highest BCUT2D eigenvalue weighted by atomic mass is 19.3. The quantitative estimate of drug-likeness (QED) is 0.788. The lowest BCUT2D eigenvalue weighted by Crippen LogP contribution is -2.07. The van der Waals surface area contributed by atoms with Crippen LogP contribution in [0.4, 0.5) is 8.78 Å². The number of carbonyl (C=O) groups excluding carboxylic acids is 1. The van der Waals surface area contributed by atoms with Gasteiger partial charge in [0.1, 0.15) is 5.69 Å². The number of carbonyl (C=O) groups is 1. The van der Waals surface area contributed by atoms with Crippen molar-refractivity contribution in [1.82, 2.24) is 15.0 Å². The molecule has 0 aliphatic rings. The fourth-order valence-corrected chi connectivity index (χ4v) is 1.70. The van der Waals surface area contributed by atoms with Crippen molar-refractivity contribution in [3.8, 4) is 5.69 Å². The maximum Gasteiger partial charge on any atom is 0.263 e. The van der Waals surface area contributed by atoms with E-state index in [-0.39, 0.29) is 11.3 Å². The minimum Gasteiger partial charge on any atom is -0.293 e. The van der Waals surface area contributed by atoms with Crippen LogP contribution in [0.5, 0.6) is 0 Å². The van der Waals surface area contributed by atoms with E-state index in [1.54, 1.807) is 6.92 Å². The fourth-order valence-electron chi connectivity index (χ4n) is 1.70. The van der Waals surface area contributed by atoms with Crippen LogP contribution in [-0.4, -0.2) is 20.8 Å². The SMILES string of the molecule is CC(=O)c1c(C)nnn1-c1ccc(C(F)F)cc1. The first-order valence-corrected chi connectivity index (χ1v) is 5.32. The Hall–Kier alpha value is -2.11. The summed E-state index contributed by atoms with van der Waals surface area (Å²) in [5.41, 5.74) is 1.34. The van der Waals surface area contributed by atoms with Gasteiger partial charge in [-0.3, -0.25) is 4.79 Å². The molecule has 6 heteroatoms. The molecule has 0 fully saturated rings. The van der Waals surface area contributed by atoms with E-state index >= 15 is 0 Å². The molecule has 2 rings (SSSR count). The van der Waals surface area contributed by atoms with Crippen LogP contribution in [0.1, 0.15) is 35.1 Å². The molecule has 0 unspecified atom stereocenters. The van der Waals surface area contributed by atoms with Gasteiger partial charge in [0.15, 0.2) is 5.78 Å². The summed E-state index contributed by atoms with van der Waals surface area (Å²) in [7, 11) is 0. The van der Waals surface area contributed by atoms with Gasteiger partial charge in [0.2, 0.25) is 0 Å². The Morgan fingerprint density at radius 2 is 1.89 bits per heavy atom. The zero-order chi connectivity index (χ0) is 13.3. The number of Topliss-reactive ketones (excluding diaryl/α,β-unsaturated/α-hetero) is 1. The number of aryl methyl sites for hydroxylation is 1. The van der Waals surface area contributed by atoms with Crippen molar-refractivity contribution >= 4 is 5.78 Å². The first-order chi connectivity index (χ1) is 8.50. The summed E-state index contributed by atoms with van der Waals surface area (Å²) < 4.78 is 26.2. The molecule has 0 saturated heterocycles. The molecular formula is C12H11F2N3O. The van der Waals surface area contributed by atoms with E-state index in [2.05, 4.69) is 10.3 Å². The predicted molar refractivity (Wildman–Crippen MR) is 61.1 cm³/mol. The lowest BCUT2D eigenvalue weighted by Gasteiger charge is -2.05. The summed E-state index contributed by atoms with van der Waals surface area (Å²) in [6, 6.07) is 5.59. The van der Waals surface area contributed by atoms with E-state index in [4.69, 9.17) is 0 Å². The van der Waals surface area contributed by atoms with E-state index < -0.39 is 6.43 Å². The van der Waals surface area contributed by atoms with E-state index in [1.165, 1.54) is 35.9 Å². The number of hydrogen-bond acceptors (Lipinski definition) is 3. The number of alkyl halides is 2. The normalized spacial score (nSPS) is 10.9. The molecule has 0 saturated carbocycles. The Kier molecular flexibility index (Phi) is 3.18. The maximum atomic E-state index is 12.4. The van der Waals surface area contributed by atoms with Gasteiger partial charge >= 0.3 is 0 Å². The molecule has 0 aliphatic heterocycles. The third-order valence-corrected chi connectivity index (χ3v) is 2.56. The van der Waals surface area contributed by atoms with Crippen molar-refractivity contribution in [2.75, 3.05) is 0 Å². The molecule has 94 valence electrons. The molecule has 2 aromatic rings. The van der Waals surface area contributed by atoms with Crippen molar-refractivity contribution in [2.24, 2.45) is 0 Å². The van der Waals surface area contributed by atoms with Crippen molar-refractivity contribution < 1.29 is 13.6 Å². The van der Waals surface area contributed by atoms with Gasteiger partial charge < -0.3 is 0 Å². The van der Waals surface area contributed by atoms with E-state index in [0.717, 1.165) is 0 Å². The molecule has 1 aromatic carbocycles. The van der Waals surface area contributed by atoms with Gasteiger partial charge in [-0.15, -0.1) is 5.10 Å². The summed E-state index contributed by atoms with van der Waals surface area (Å²) in [5.74, 6) is -0.171. The van der Waals surface area contributed by atoms with Crippen molar-refractivity contribution in [1.29, 1.82) is 0 Å². The van der Waals surface area contributed by atoms with E-state index in [9.17, 15) is 13.6 Å². The summed E-state index contributed by atoms with van der Waals surface area (Å²) in [4.78, 5) is 11.5. The zero-order valence-corrected chi connectivity index (χ0v) is 9.89. The standard InChI is InChI=1S/C12H11F2N3O/c1-7-11(8(2)18)17(16-15-7)10-5-3-9(4-6-10)12(13)14/h3-6,12H,1-2H3. The van der Waals surface area contributed by atoms with Crippen LogP contribution in [0.2, 0.25) is 0 Å². The first kappa shape index (κ1) is 12.3. The lowest BCUT2D eigenvalue weighted by atomic mass is 10.2. The highest BCUT2D eigenvalue weighted by molar-refractivity contribution is 5.93. The van der Waals surface area contributed by atoms with E-state index in [1.807, 2.05) is 0 Å². The third-order valence-electron chi connectivity index (χ3n) is 2.56. The van der Waals surface area contributed by atoms with Crippen LogP contribution >= 0.6 is 0 Å². The minimum absolute atomic E-state index is 0.0695. The number of halogens is 2. The van der Waals surface area contributed by atoms with Gasteiger partial charge in [0, 0.05) is 12.5 Å². The maximum absolute atomic E-state index is 12.4. The van der Waals surface area contributed by atoms with Gasteiger partial charge in [-0.1, -0.05) is 17.3 Å². The molecular weight excluding hydrogens is 240 g/mol. The number of aromatic nitrogens is 3. The largest absolute Gasteiger partial charge is 0.293 e. The highest BCUT2D eigenvalue weighted by Gasteiger charge is 2.15. The molecule has 0 atom stereocenters. The van der Waals surface area contributed by atoms with Gasteiger partial charge in [-0.25, -0.2) is 13.5 Å². The molecule has 0 bridgehead atoms. The minimum atomic E-state index is -2.51.